The molecule has 0 aromatic carbocycles. The normalized spacial score (nSPS) is 26.3. The van der Waals surface area contributed by atoms with Gasteiger partial charge in [0, 0.05) is 51.7 Å². The minimum Gasteiger partial charge on any atom is -0.300 e. The Balaban J connectivity index is 1.49. The average molecular weight is 344 g/mol. The topological polar surface area (TPSA) is 53.5 Å². The van der Waals surface area contributed by atoms with Crippen molar-refractivity contribution < 1.29 is 8.42 Å². The van der Waals surface area contributed by atoms with Crippen molar-refractivity contribution >= 4 is 21.4 Å². The van der Waals surface area contributed by atoms with Gasteiger partial charge >= 0.3 is 0 Å². The van der Waals surface area contributed by atoms with Crippen molar-refractivity contribution in [2.45, 2.75) is 24.6 Å². The van der Waals surface area contributed by atoms with Crippen LogP contribution in [-0.4, -0.2) is 66.9 Å². The second-order valence-electron chi connectivity index (χ2n) is 6.18. The Hall–Kier alpha value is -0.690. The van der Waals surface area contributed by atoms with E-state index in [2.05, 4.69) is 14.8 Å². The molecule has 3 rings (SSSR count). The molecule has 7 heteroatoms. The fourth-order valence-electron chi connectivity index (χ4n) is 3.25. The van der Waals surface area contributed by atoms with E-state index < -0.39 is 9.84 Å². The third-order valence-corrected chi connectivity index (χ3v) is 7.24. The summed E-state index contributed by atoms with van der Waals surface area (Å²) in [6.07, 6.45) is 5.10. The van der Waals surface area contributed by atoms with Crippen LogP contribution >= 0.6 is 11.6 Å². The molecule has 2 saturated heterocycles. The lowest BCUT2D eigenvalue weighted by molar-refractivity contribution is 0.127. The number of rotatable bonds is 4. The minimum absolute atomic E-state index is 0.145. The fraction of sp³-hybridized carbons (Fsp3) is 0.667. The number of hydrogen-bond donors (Lipinski definition) is 0. The van der Waals surface area contributed by atoms with E-state index in [1.165, 1.54) is 0 Å². The summed E-state index contributed by atoms with van der Waals surface area (Å²) in [5.41, 5.74) is 1.10. The van der Waals surface area contributed by atoms with E-state index in [0.29, 0.717) is 17.3 Å². The first-order valence-electron chi connectivity index (χ1n) is 7.79. The van der Waals surface area contributed by atoms with Gasteiger partial charge in [-0.15, -0.1) is 0 Å². The van der Waals surface area contributed by atoms with Crippen molar-refractivity contribution in [1.82, 2.24) is 14.8 Å². The smallest absolute Gasteiger partial charge is 0.154 e. The predicted molar refractivity (Wildman–Crippen MR) is 87.8 cm³/mol. The second-order valence-corrected chi connectivity index (χ2v) is 8.98. The van der Waals surface area contributed by atoms with E-state index in [0.717, 1.165) is 51.1 Å². The maximum atomic E-state index is 11.9. The van der Waals surface area contributed by atoms with E-state index in [-0.39, 0.29) is 5.25 Å². The van der Waals surface area contributed by atoms with Gasteiger partial charge in [0.05, 0.1) is 16.0 Å². The molecule has 0 N–H and O–H groups in total. The summed E-state index contributed by atoms with van der Waals surface area (Å²) in [6, 6.07) is 1.96. The van der Waals surface area contributed by atoms with E-state index in [4.69, 9.17) is 11.6 Å². The molecule has 0 aliphatic carbocycles. The van der Waals surface area contributed by atoms with Crippen molar-refractivity contribution in [3.8, 4) is 0 Å². The summed E-state index contributed by atoms with van der Waals surface area (Å²) < 4.78 is 23.8. The Morgan fingerprint density at radius 3 is 2.59 bits per heavy atom. The van der Waals surface area contributed by atoms with Crippen LogP contribution < -0.4 is 0 Å². The largest absolute Gasteiger partial charge is 0.300 e. The highest BCUT2D eigenvalue weighted by atomic mass is 35.5. The summed E-state index contributed by atoms with van der Waals surface area (Å²) in [7, 11) is -2.83. The number of sulfone groups is 1. The zero-order valence-electron chi connectivity index (χ0n) is 12.6. The molecule has 0 radical (unpaired) electrons. The van der Waals surface area contributed by atoms with Gasteiger partial charge in [0.1, 0.15) is 0 Å². The van der Waals surface area contributed by atoms with Gasteiger partial charge in [-0.1, -0.05) is 11.6 Å². The molecule has 3 heterocycles. The molecule has 2 aliphatic rings. The molecule has 0 saturated carbocycles. The molecule has 122 valence electrons. The lowest BCUT2D eigenvalue weighted by Crippen LogP contribution is -2.48. The number of hydrogen-bond acceptors (Lipinski definition) is 5. The molecule has 2 aliphatic heterocycles. The highest BCUT2D eigenvalue weighted by Crippen LogP contribution is 2.22. The molecule has 0 amide bonds. The third-order valence-electron chi connectivity index (χ3n) is 4.64. The molecular formula is C15H22ClN3O2S. The Bertz CT molecular complexity index is 615. The Kier molecular flexibility index (Phi) is 5.02. The first-order valence-corrected chi connectivity index (χ1v) is 9.88. The summed E-state index contributed by atoms with van der Waals surface area (Å²) in [5.74, 6) is 0.373. The van der Waals surface area contributed by atoms with Gasteiger partial charge in [-0.3, -0.25) is 14.8 Å². The summed E-state index contributed by atoms with van der Waals surface area (Å²) in [4.78, 5) is 8.66. The molecule has 2 fully saturated rings. The van der Waals surface area contributed by atoms with Crippen LogP contribution in [0.5, 0.6) is 0 Å². The molecule has 1 unspecified atom stereocenters. The van der Waals surface area contributed by atoms with Crippen molar-refractivity contribution in [3.05, 3.63) is 29.0 Å². The first kappa shape index (κ1) is 16.2. The van der Waals surface area contributed by atoms with Crippen LogP contribution in [-0.2, 0) is 16.4 Å². The minimum atomic E-state index is -2.83. The summed E-state index contributed by atoms with van der Waals surface area (Å²) >= 11 is 6.15. The molecular weight excluding hydrogens is 322 g/mol. The third kappa shape index (κ3) is 3.79. The highest BCUT2D eigenvalue weighted by molar-refractivity contribution is 7.92. The van der Waals surface area contributed by atoms with Gasteiger partial charge in [-0.2, -0.15) is 0 Å². The average Bonchev–Trinajstić information content (AvgIpc) is 2.82. The standard InChI is InChI=1S/C15H22ClN3O2S/c16-15-10-17-4-3-13(15)11-18-5-7-19(8-6-18)12-14-2-1-9-22(14,20)21/h3-4,10,14H,1-2,5-9,11-12H2. The van der Waals surface area contributed by atoms with Crippen LogP contribution in [0.25, 0.3) is 0 Å². The highest BCUT2D eigenvalue weighted by Gasteiger charge is 2.33. The fourth-order valence-corrected chi connectivity index (χ4v) is 5.30. The van der Waals surface area contributed by atoms with Gasteiger partial charge < -0.3 is 0 Å². The van der Waals surface area contributed by atoms with Crippen LogP contribution in [0, 0.1) is 0 Å². The number of halogens is 1. The summed E-state index contributed by atoms with van der Waals surface area (Å²) in [5, 5.41) is 0.565. The van der Waals surface area contributed by atoms with Crippen LogP contribution in [0.4, 0.5) is 0 Å². The Labute approximate surface area is 137 Å². The molecule has 1 atom stereocenters. The predicted octanol–water partition coefficient (Wildman–Crippen LogP) is 1.43. The summed E-state index contributed by atoms with van der Waals surface area (Å²) in [6.45, 7) is 5.28. The van der Waals surface area contributed by atoms with Crippen LogP contribution in [0.1, 0.15) is 18.4 Å². The van der Waals surface area contributed by atoms with Crippen molar-refractivity contribution in [2.75, 3.05) is 38.5 Å². The van der Waals surface area contributed by atoms with Gasteiger partial charge in [0.2, 0.25) is 0 Å². The zero-order chi connectivity index (χ0) is 15.6. The second kappa shape index (κ2) is 6.83. The van der Waals surface area contributed by atoms with E-state index in [9.17, 15) is 8.42 Å². The van der Waals surface area contributed by atoms with Crippen molar-refractivity contribution in [2.24, 2.45) is 0 Å². The van der Waals surface area contributed by atoms with E-state index >= 15 is 0 Å². The number of pyridine rings is 1. The number of nitrogens with zero attached hydrogens (tertiary/aromatic N) is 3. The lowest BCUT2D eigenvalue weighted by atomic mass is 10.2. The van der Waals surface area contributed by atoms with Crippen molar-refractivity contribution in [1.29, 1.82) is 0 Å². The van der Waals surface area contributed by atoms with Gasteiger partial charge in [0.25, 0.3) is 0 Å². The Morgan fingerprint density at radius 2 is 1.95 bits per heavy atom. The van der Waals surface area contributed by atoms with Crippen molar-refractivity contribution in [3.63, 3.8) is 0 Å². The SMILES string of the molecule is O=S1(=O)CCCC1CN1CCN(Cc2ccncc2Cl)CC1. The first-order chi connectivity index (χ1) is 10.5. The molecule has 22 heavy (non-hydrogen) atoms. The quantitative estimate of drug-likeness (QED) is 0.827. The number of piperazine rings is 1. The van der Waals surface area contributed by atoms with E-state index in [1.807, 2.05) is 6.07 Å². The van der Waals surface area contributed by atoms with E-state index in [1.54, 1.807) is 12.4 Å². The van der Waals surface area contributed by atoms with Crippen LogP contribution in [0.3, 0.4) is 0 Å². The Morgan fingerprint density at radius 1 is 1.23 bits per heavy atom. The molecule has 1 aromatic rings. The number of aromatic nitrogens is 1. The molecule has 1 aromatic heterocycles. The van der Waals surface area contributed by atoms with Gasteiger partial charge in [0.15, 0.2) is 9.84 Å². The van der Waals surface area contributed by atoms with Crippen LogP contribution in [0.2, 0.25) is 5.02 Å². The maximum absolute atomic E-state index is 11.9. The van der Waals surface area contributed by atoms with Crippen LogP contribution in [0.15, 0.2) is 18.5 Å². The van der Waals surface area contributed by atoms with Gasteiger partial charge in [-0.25, -0.2) is 8.42 Å². The maximum Gasteiger partial charge on any atom is 0.154 e. The molecule has 0 bridgehead atoms. The van der Waals surface area contributed by atoms with Gasteiger partial charge in [-0.05, 0) is 24.5 Å². The molecule has 5 nitrogen and oxygen atoms in total. The lowest BCUT2D eigenvalue weighted by Gasteiger charge is -2.35. The monoisotopic (exact) mass is 343 g/mol. The zero-order valence-corrected chi connectivity index (χ0v) is 14.2. The molecule has 0 spiro atoms.